The zero-order chi connectivity index (χ0) is 12.5. The molecule has 0 aliphatic carbocycles. The lowest BCUT2D eigenvalue weighted by molar-refractivity contribution is 0.399. The molecule has 3 aromatic heterocycles. The Kier molecular flexibility index (Phi) is 2.44. The molecule has 0 radical (unpaired) electrons. The molecule has 0 atom stereocenters. The van der Waals surface area contributed by atoms with Crippen LogP contribution in [0.2, 0.25) is 0 Å². The van der Waals surface area contributed by atoms with Gasteiger partial charge in [-0.05, 0) is 25.1 Å². The average molecular weight is 240 g/mol. The first-order chi connectivity index (χ1) is 8.81. The Morgan fingerprint density at radius 1 is 1.17 bits per heavy atom. The van der Waals surface area contributed by atoms with Gasteiger partial charge in [0.05, 0.1) is 18.4 Å². The number of rotatable bonds is 2. The summed E-state index contributed by atoms with van der Waals surface area (Å²) in [7, 11) is 1.61. The van der Waals surface area contributed by atoms with Gasteiger partial charge in [-0.3, -0.25) is 0 Å². The Balaban J connectivity index is 2.34. The maximum absolute atomic E-state index is 5.30. The number of hydrogen-bond acceptors (Lipinski definition) is 4. The number of hydrogen-bond donors (Lipinski definition) is 0. The molecule has 3 aromatic rings. The number of aromatic nitrogens is 4. The molecule has 0 spiro atoms. The Morgan fingerprint density at radius 2 is 2.00 bits per heavy atom. The van der Waals surface area contributed by atoms with E-state index in [-0.39, 0.29) is 0 Å². The Morgan fingerprint density at radius 3 is 2.83 bits per heavy atom. The number of ether oxygens (including phenoxy) is 1. The molecule has 0 aromatic carbocycles. The van der Waals surface area contributed by atoms with Crippen molar-refractivity contribution in [3.8, 4) is 17.0 Å². The van der Waals surface area contributed by atoms with Crippen LogP contribution in [0.5, 0.6) is 5.88 Å². The van der Waals surface area contributed by atoms with Crippen molar-refractivity contribution in [3.05, 3.63) is 42.5 Å². The number of pyridine rings is 1. The molecular formula is C13H12N4O. The van der Waals surface area contributed by atoms with Crippen LogP contribution in [0.3, 0.4) is 0 Å². The van der Waals surface area contributed by atoms with E-state index in [2.05, 4.69) is 15.1 Å². The maximum atomic E-state index is 5.30. The van der Waals surface area contributed by atoms with Gasteiger partial charge in [-0.15, -0.1) is 0 Å². The summed E-state index contributed by atoms with van der Waals surface area (Å²) < 4.78 is 7.06. The molecule has 0 fully saturated rings. The van der Waals surface area contributed by atoms with Gasteiger partial charge in [0.15, 0.2) is 5.65 Å². The minimum absolute atomic E-state index is 0.584. The van der Waals surface area contributed by atoms with E-state index in [1.807, 2.05) is 31.3 Å². The first-order valence-corrected chi connectivity index (χ1v) is 5.60. The van der Waals surface area contributed by atoms with Crippen molar-refractivity contribution in [1.29, 1.82) is 0 Å². The Hall–Kier alpha value is -2.43. The highest BCUT2D eigenvalue weighted by atomic mass is 16.5. The lowest BCUT2D eigenvalue weighted by atomic mass is 10.1. The van der Waals surface area contributed by atoms with Crippen LogP contribution in [0, 0.1) is 6.92 Å². The van der Waals surface area contributed by atoms with Gasteiger partial charge in [0, 0.05) is 24.2 Å². The first kappa shape index (κ1) is 10.7. The molecule has 0 unspecified atom stereocenters. The maximum Gasteiger partial charge on any atom is 0.221 e. The molecule has 18 heavy (non-hydrogen) atoms. The van der Waals surface area contributed by atoms with Gasteiger partial charge in [0.2, 0.25) is 5.88 Å². The van der Waals surface area contributed by atoms with Gasteiger partial charge >= 0.3 is 0 Å². The van der Waals surface area contributed by atoms with Crippen molar-refractivity contribution in [2.45, 2.75) is 6.92 Å². The monoisotopic (exact) mass is 240 g/mol. The summed E-state index contributed by atoms with van der Waals surface area (Å²) in [5.41, 5.74) is 3.58. The second kappa shape index (κ2) is 4.10. The Labute approximate surface area is 104 Å². The fourth-order valence-corrected chi connectivity index (χ4v) is 2.06. The topological polar surface area (TPSA) is 52.3 Å². The van der Waals surface area contributed by atoms with Crippen LogP contribution in [0.4, 0.5) is 0 Å². The zero-order valence-electron chi connectivity index (χ0n) is 10.2. The van der Waals surface area contributed by atoms with E-state index < -0.39 is 0 Å². The SMILES string of the molecule is COc1ncccc1-c1c(C)nn2cccnc12. The Bertz CT molecular complexity index is 705. The van der Waals surface area contributed by atoms with Crippen LogP contribution >= 0.6 is 0 Å². The van der Waals surface area contributed by atoms with E-state index in [4.69, 9.17) is 4.74 Å². The number of aryl methyl sites for hydroxylation is 1. The largest absolute Gasteiger partial charge is 0.481 e. The predicted molar refractivity (Wildman–Crippen MR) is 67.5 cm³/mol. The minimum atomic E-state index is 0.584. The van der Waals surface area contributed by atoms with Crippen molar-refractivity contribution in [3.63, 3.8) is 0 Å². The highest BCUT2D eigenvalue weighted by Crippen LogP contribution is 2.32. The summed E-state index contributed by atoms with van der Waals surface area (Å²) in [5, 5.41) is 4.44. The minimum Gasteiger partial charge on any atom is -0.481 e. The van der Waals surface area contributed by atoms with Crippen molar-refractivity contribution in [2.75, 3.05) is 7.11 Å². The lowest BCUT2D eigenvalue weighted by Gasteiger charge is -2.05. The van der Waals surface area contributed by atoms with Crippen molar-refractivity contribution in [1.82, 2.24) is 19.6 Å². The molecule has 0 aliphatic rings. The highest BCUT2D eigenvalue weighted by Gasteiger charge is 2.16. The van der Waals surface area contributed by atoms with Gasteiger partial charge in [-0.1, -0.05) is 0 Å². The third kappa shape index (κ3) is 1.52. The van der Waals surface area contributed by atoms with E-state index in [0.717, 1.165) is 22.5 Å². The summed E-state index contributed by atoms with van der Waals surface area (Å²) in [6.07, 6.45) is 5.33. The predicted octanol–water partition coefficient (Wildman–Crippen LogP) is 2.11. The van der Waals surface area contributed by atoms with Crippen LogP contribution in [0.15, 0.2) is 36.8 Å². The van der Waals surface area contributed by atoms with E-state index in [1.54, 1.807) is 24.0 Å². The summed E-state index contributed by atoms with van der Waals surface area (Å²) in [4.78, 5) is 8.58. The van der Waals surface area contributed by atoms with Crippen LogP contribution in [0.25, 0.3) is 16.8 Å². The van der Waals surface area contributed by atoms with E-state index in [0.29, 0.717) is 5.88 Å². The van der Waals surface area contributed by atoms with E-state index in [1.165, 1.54) is 0 Å². The molecule has 0 N–H and O–H groups in total. The number of methoxy groups -OCH3 is 1. The fraction of sp³-hybridized carbons (Fsp3) is 0.154. The van der Waals surface area contributed by atoms with Gasteiger partial charge < -0.3 is 4.74 Å². The summed E-state index contributed by atoms with van der Waals surface area (Å²) in [6.45, 7) is 1.95. The molecule has 3 heterocycles. The molecule has 90 valence electrons. The molecule has 5 nitrogen and oxygen atoms in total. The third-order valence-electron chi connectivity index (χ3n) is 2.80. The number of nitrogens with zero attached hydrogens (tertiary/aromatic N) is 4. The first-order valence-electron chi connectivity index (χ1n) is 5.60. The van der Waals surface area contributed by atoms with Crippen LogP contribution < -0.4 is 4.74 Å². The molecule has 0 saturated heterocycles. The van der Waals surface area contributed by atoms with Gasteiger partial charge in [-0.2, -0.15) is 5.10 Å². The summed E-state index contributed by atoms with van der Waals surface area (Å²) in [5.74, 6) is 0.584. The second-order valence-electron chi connectivity index (χ2n) is 3.91. The molecule has 0 saturated carbocycles. The third-order valence-corrected chi connectivity index (χ3v) is 2.80. The zero-order valence-corrected chi connectivity index (χ0v) is 10.2. The second-order valence-corrected chi connectivity index (χ2v) is 3.91. The van der Waals surface area contributed by atoms with Crippen molar-refractivity contribution >= 4 is 5.65 Å². The molecule has 0 bridgehead atoms. The summed E-state index contributed by atoms with van der Waals surface area (Å²) >= 11 is 0. The normalized spacial score (nSPS) is 10.8. The highest BCUT2D eigenvalue weighted by molar-refractivity contribution is 5.82. The van der Waals surface area contributed by atoms with E-state index >= 15 is 0 Å². The van der Waals surface area contributed by atoms with E-state index in [9.17, 15) is 0 Å². The van der Waals surface area contributed by atoms with Gasteiger partial charge in [-0.25, -0.2) is 14.5 Å². The summed E-state index contributed by atoms with van der Waals surface area (Å²) in [6, 6.07) is 5.69. The van der Waals surface area contributed by atoms with Crippen LogP contribution in [-0.4, -0.2) is 26.7 Å². The van der Waals surface area contributed by atoms with Crippen LogP contribution in [0.1, 0.15) is 5.69 Å². The lowest BCUT2D eigenvalue weighted by Crippen LogP contribution is -1.92. The van der Waals surface area contributed by atoms with Crippen LogP contribution in [-0.2, 0) is 0 Å². The standard InChI is InChI=1S/C13H12N4O/c1-9-11(10-5-3-6-15-13(10)18-2)12-14-7-4-8-17(12)16-9/h3-8H,1-2H3. The number of fused-ring (bicyclic) bond motifs is 1. The molecule has 0 aliphatic heterocycles. The smallest absolute Gasteiger partial charge is 0.221 e. The molecule has 3 rings (SSSR count). The quantitative estimate of drug-likeness (QED) is 0.688. The van der Waals surface area contributed by atoms with Crippen molar-refractivity contribution in [2.24, 2.45) is 0 Å². The van der Waals surface area contributed by atoms with Crippen molar-refractivity contribution < 1.29 is 4.74 Å². The molecule has 5 heteroatoms. The average Bonchev–Trinajstić information content (AvgIpc) is 2.74. The van der Waals surface area contributed by atoms with Gasteiger partial charge in [0.1, 0.15) is 0 Å². The van der Waals surface area contributed by atoms with Gasteiger partial charge in [0.25, 0.3) is 0 Å². The molecular weight excluding hydrogens is 228 g/mol. The fourth-order valence-electron chi connectivity index (χ4n) is 2.06. The molecule has 0 amide bonds.